The molecule has 4 rings (SSSR count). The lowest BCUT2D eigenvalue weighted by molar-refractivity contribution is 0.0978. The van der Waals surface area contributed by atoms with Crippen molar-refractivity contribution in [1.29, 1.82) is 0 Å². The molecular weight excluding hydrogens is 466 g/mol. The lowest BCUT2D eigenvalue weighted by Gasteiger charge is -2.44. The van der Waals surface area contributed by atoms with E-state index in [-0.39, 0.29) is 18.6 Å². The van der Waals surface area contributed by atoms with Gasteiger partial charge in [0.25, 0.3) is 0 Å². The van der Waals surface area contributed by atoms with E-state index in [0.717, 1.165) is 42.1 Å². The Morgan fingerprint density at radius 1 is 1.22 bits per heavy atom. The average Bonchev–Trinajstić information content (AvgIpc) is 3.20. The Morgan fingerprint density at radius 2 is 2.00 bits per heavy atom. The van der Waals surface area contributed by atoms with Crippen molar-refractivity contribution in [2.75, 3.05) is 24.8 Å². The van der Waals surface area contributed by atoms with Gasteiger partial charge in [0.05, 0.1) is 19.9 Å². The minimum absolute atomic E-state index is 0.0894. The lowest BCUT2D eigenvalue weighted by Crippen LogP contribution is -2.45. The first-order chi connectivity index (χ1) is 17.7. The van der Waals surface area contributed by atoms with Crippen LogP contribution in [0.15, 0.2) is 24.4 Å². The molecule has 1 aromatic carbocycles. The molecule has 1 fully saturated rings. The molecule has 0 amide bonds. The molecule has 37 heavy (non-hydrogen) atoms. The molecule has 1 aliphatic rings. The summed E-state index contributed by atoms with van der Waals surface area (Å²) in [7, 11) is 1.71. The van der Waals surface area contributed by atoms with Crippen LogP contribution in [0, 0.1) is 11.3 Å². The number of aliphatic hydroxyl groups is 1. The molecule has 9 nitrogen and oxygen atoms in total. The van der Waals surface area contributed by atoms with Crippen LogP contribution in [-0.2, 0) is 13.1 Å². The summed E-state index contributed by atoms with van der Waals surface area (Å²) >= 11 is 0. The van der Waals surface area contributed by atoms with Crippen molar-refractivity contribution >= 4 is 22.8 Å². The molecule has 1 saturated carbocycles. The van der Waals surface area contributed by atoms with Crippen molar-refractivity contribution in [2.45, 2.75) is 85.0 Å². The zero-order valence-electron chi connectivity index (χ0n) is 22.9. The third-order valence-electron chi connectivity index (χ3n) is 7.59. The highest BCUT2D eigenvalue weighted by Crippen LogP contribution is 2.41. The first-order valence-corrected chi connectivity index (χ1v) is 13.5. The summed E-state index contributed by atoms with van der Waals surface area (Å²) in [5.41, 5.74) is 10.1. The van der Waals surface area contributed by atoms with Crippen LogP contribution in [-0.4, -0.2) is 50.7 Å². The number of hydrogen-bond acceptors (Lipinski definition) is 8. The van der Waals surface area contributed by atoms with Crippen molar-refractivity contribution in [3.8, 4) is 5.75 Å². The fourth-order valence-electron chi connectivity index (χ4n) is 5.17. The highest BCUT2D eigenvalue weighted by atomic mass is 16.5. The van der Waals surface area contributed by atoms with Gasteiger partial charge < -0.3 is 26.2 Å². The number of methoxy groups -OCH3 is 1. The van der Waals surface area contributed by atoms with E-state index in [1.165, 1.54) is 18.4 Å². The summed E-state index contributed by atoms with van der Waals surface area (Å²) in [4.78, 5) is 8.87. The molecule has 0 bridgehead atoms. The first-order valence-electron chi connectivity index (χ1n) is 13.5. The van der Waals surface area contributed by atoms with E-state index in [9.17, 15) is 5.11 Å². The molecule has 0 aliphatic heterocycles. The smallest absolute Gasteiger partial charge is 0.222 e. The standard InChI is InChI=1S/C28H43N7O2/c1-6-7-21(10-11-36)32-26-25-23(33-27(29)34-26)16-31-35(25)17-19-9-8-18(12-24(19)37-5)15-30-22-13-20(14-22)28(2,3)4/h8-9,12,16,20-22,30,36H,6-7,10-11,13-15,17H2,1-5H3,(H3,29,32,33,34)/t20?,21-,22?/m0/s1. The second kappa shape index (κ2) is 11.6. The lowest BCUT2D eigenvalue weighted by atomic mass is 9.66. The summed E-state index contributed by atoms with van der Waals surface area (Å²) in [6.45, 7) is 10.6. The van der Waals surface area contributed by atoms with Crippen molar-refractivity contribution in [2.24, 2.45) is 11.3 Å². The molecule has 9 heteroatoms. The third-order valence-corrected chi connectivity index (χ3v) is 7.59. The molecule has 0 unspecified atom stereocenters. The number of nitrogens with one attached hydrogen (secondary N) is 2. The van der Waals surface area contributed by atoms with Crippen LogP contribution in [0.1, 0.15) is 70.9 Å². The Balaban J connectivity index is 1.50. The maximum atomic E-state index is 9.49. The molecule has 0 radical (unpaired) electrons. The first kappa shape index (κ1) is 27.1. The van der Waals surface area contributed by atoms with Gasteiger partial charge in [-0.25, -0.2) is 4.98 Å². The van der Waals surface area contributed by atoms with Gasteiger partial charge in [-0.1, -0.05) is 46.2 Å². The average molecular weight is 510 g/mol. The number of aliphatic hydroxyl groups excluding tert-OH is 1. The zero-order chi connectivity index (χ0) is 26.6. The van der Waals surface area contributed by atoms with E-state index in [1.807, 2.05) is 4.68 Å². The number of ether oxygens (including phenoxy) is 1. The van der Waals surface area contributed by atoms with Crippen molar-refractivity contribution in [3.63, 3.8) is 0 Å². The largest absolute Gasteiger partial charge is 0.496 e. The minimum atomic E-state index is 0.0894. The molecular formula is C28H43N7O2. The van der Waals surface area contributed by atoms with E-state index in [1.54, 1.807) is 13.3 Å². The van der Waals surface area contributed by atoms with Crippen LogP contribution in [0.2, 0.25) is 0 Å². The predicted molar refractivity (Wildman–Crippen MR) is 149 cm³/mol. The highest BCUT2D eigenvalue weighted by Gasteiger charge is 2.36. The number of aromatic nitrogens is 4. The van der Waals surface area contributed by atoms with Crippen LogP contribution in [0.25, 0.3) is 11.0 Å². The number of nitrogens with zero attached hydrogens (tertiary/aromatic N) is 4. The summed E-state index contributed by atoms with van der Waals surface area (Å²) in [6, 6.07) is 7.06. The van der Waals surface area contributed by atoms with Crippen LogP contribution in [0.3, 0.4) is 0 Å². The summed E-state index contributed by atoms with van der Waals surface area (Å²) in [5, 5.41) is 21.3. The Hall–Kier alpha value is -2.91. The van der Waals surface area contributed by atoms with Gasteiger partial charge in [0, 0.05) is 30.8 Å². The van der Waals surface area contributed by atoms with Crippen LogP contribution in [0.5, 0.6) is 5.75 Å². The van der Waals surface area contributed by atoms with Crippen LogP contribution in [0.4, 0.5) is 11.8 Å². The topological polar surface area (TPSA) is 123 Å². The second-order valence-corrected chi connectivity index (χ2v) is 11.4. The van der Waals surface area contributed by atoms with Crippen molar-refractivity contribution < 1.29 is 9.84 Å². The van der Waals surface area contributed by atoms with Crippen molar-refractivity contribution in [3.05, 3.63) is 35.5 Å². The molecule has 3 aromatic rings. The SMILES string of the molecule is CCC[C@@H](CCO)Nc1nc(N)nc2cnn(Cc3ccc(CNC4CC(C(C)(C)C)C4)cc3OC)c12. The quantitative estimate of drug-likeness (QED) is 0.284. The highest BCUT2D eigenvalue weighted by molar-refractivity contribution is 5.86. The van der Waals surface area contributed by atoms with E-state index in [4.69, 9.17) is 10.5 Å². The molecule has 2 heterocycles. The maximum Gasteiger partial charge on any atom is 0.222 e. The molecule has 0 spiro atoms. The van der Waals surface area contributed by atoms with Gasteiger partial charge >= 0.3 is 0 Å². The fourth-order valence-corrected chi connectivity index (χ4v) is 5.17. The predicted octanol–water partition coefficient (Wildman–Crippen LogP) is 4.34. The van der Waals surface area contributed by atoms with Crippen molar-refractivity contribution in [1.82, 2.24) is 25.1 Å². The molecule has 2 aromatic heterocycles. The number of nitrogens with two attached hydrogens (primary N) is 1. The van der Waals surface area contributed by atoms with E-state index in [2.05, 4.69) is 71.6 Å². The summed E-state index contributed by atoms with van der Waals surface area (Å²) in [5.74, 6) is 2.47. The van der Waals surface area contributed by atoms with Crippen LogP contribution < -0.4 is 21.1 Å². The molecule has 0 saturated heterocycles. The zero-order valence-corrected chi connectivity index (χ0v) is 22.9. The second-order valence-electron chi connectivity index (χ2n) is 11.4. The monoisotopic (exact) mass is 509 g/mol. The summed E-state index contributed by atoms with van der Waals surface area (Å²) in [6.07, 6.45) is 6.75. The molecule has 1 atom stereocenters. The molecule has 202 valence electrons. The fraction of sp³-hybridized carbons (Fsp3) is 0.607. The Kier molecular flexibility index (Phi) is 8.54. The normalized spacial score (nSPS) is 18.5. The van der Waals surface area contributed by atoms with Crippen LogP contribution >= 0.6 is 0 Å². The Morgan fingerprint density at radius 3 is 2.68 bits per heavy atom. The van der Waals surface area contributed by atoms with Gasteiger partial charge in [-0.15, -0.1) is 0 Å². The van der Waals surface area contributed by atoms with E-state index >= 15 is 0 Å². The van der Waals surface area contributed by atoms with Gasteiger partial charge in [-0.2, -0.15) is 10.1 Å². The van der Waals surface area contributed by atoms with Gasteiger partial charge in [0.15, 0.2) is 5.82 Å². The summed E-state index contributed by atoms with van der Waals surface area (Å²) < 4.78 is 7.65. The Bertz CT molecular complexity index is 1180. The number of fused-ring (bicyclic) bond motifs is 1. The number of benzene rings is 1. The number of anilines is 2. The minimum Gasteiger partial charge on any atom is -0.496 e. The maximum absolute atomic E-state index is 9.49. The van der Waals surface area contributed by atoms with Gasteiger partial charge in [-0.05, 0) is 48.6 Å². The van der Waals surface area contributed by atoms with E-state index < -0.39 is 0 Å². The van der Waals surface area contributed by atoms with Gasteiger partial charge in [0.2, 0.25) is 5.95 Å². The Labute approximate surface area is 220 Å². The molecule has 5 N–H and O–H groups in total. The number of rotatable bonds is 12. The van der Waals surface area contributed by atoms with E-state index in [0.29, 0.717) is 35.8 Å². The van der Waals surface area contributed by atoms with Gasteiger partial charge in [0.1, 0.15) is 16.8 Å². The number of nitrogen functional groups attached to an aromatic ring is 1. The van der Waals surface area contributed by atoms with Gasteiger partial charge in [-0.3, -0.25) is 4.68 Å². The third kappa shape index (κ3) is 6.51. The number of hydrogen-bond donors (Lipinski definition) is 4. The molecule has 1 aliphatic carbocycles.